The third-order valence-corrected chi connectivity index (χ3v) is 4.76. The molecule has 3 aromatic carbocycles. The van der Waals surface area contributed by atoms with Crippen molar-refractivity contribution in [3.05, 3.63) is 84.7 Å². The Hall–Kier alpha value is -3.93. The molecule has 0 aliphatic carbocycles. The van der Waals surface area contributed by atoms with E-state index in [0.29, 0.717) is 12.4 Å². The summed E-state index contributed by atoms with van der Waals surface area (Å²) in [7, 11) is 1.64. The van der Waals surface area contributed by atoms with Crippen molar-refractivity contribution in [2.75, 3.05) is 7.11 Å². The van der Waals surface area contributed by atoms with Crippen molar-refractivity contribution in [1.82, 2.24) is 19.6 Å². The molecule has 6 heteroatoms. The van der Waals surface area contributed by atoms with Gasteiger partial charge in [-0.15, -0.1) is 5.10 Å². The van der Waals surface area contributed by atoms with Crippen LogP contribution in [0.5, 0.6) is 11.5 Å². The molecule has 0 amide bonds. The monoisotopic (exact) mass is 382 g/mol. The van der Waals surface area contributed by atoms with Crippen molar-refractivity contribution in [1.29, 1.82) is 0 Å². The fourth-order valence-electron chi connectivity index (χ4n) is 3.25. The molecule has 2 aromatic heterocycles. The molecule has 2 heterocycles. The topological polar surface area (TPSA) is 61.5 Å². The molecule has 0 fully saturated rings. The lowest BCUT2D eigenvalue weighted by Gasteiger charge is -2.10. The lowest BCUT2D eigenvalue weighted by Crippen LogP contribution is -1.97. The molecule has 6 nitrogen and oxygen atoms in total. The van der Waals surface area contributed by atoms with E-state index in [1.165, 1.54) is 0 Å². The van der Waals surface area contributed by atoms with E-state index in [1.54, 1.807) is 18.0 Å². The number of benzene rings is 3. The number of rotatable bonds is 5. The van der Waals surface area contributed by atoms with Gasteiger partial charge in [0.1, 0.15) is 12.9 Å². The van der Waals surface area contributed by atoms with Gasteiger partial charge in [-0.3, -0.25) is 0 Å². The molecule has 5 rings (SSSR count). The van der Waals surface area contributed by atoms with Crippen LogP contribution in [0.4, 0.5) is 0 Å². The predicted octanol–water partition coefficient (Wildman–Crippen LogP) is 4.53. The van der Waals surface area contributed by atoms with Gasteiger partial charge in [-0.2, -0.15) is 0 Å². The van der Waals surface area contributed by atoms with Gasteiger partial charge in [-0.25, -0.2) is 14.5 Å². The smallest absolute Gasteiger partial charge is 0.182 e. The van der Waals surface area contributed by atoms with Crippen LogP contribution in [-0.2, 0) is 6.61 Å². The molecule has 0 bridgehead atoms. The SMILES string of the molecule is COc1ccccc1OCc1ccc(-c2nc3c4ccccc4ncn3n2)cc1. The standard InChI is InChI=1S/C23H18N4O2/c1-28-20-8-4-5-9-21(20)29-14-16-10-12-17(13-11-16)22-25-23-18-6-2-3-7-19(18)24-15-27(23)26-22/h2-13,15H,14H2,1H3. The summed E-state index contributed by atoms with van der Waals surface area (Å²) in [6.45, 7) is 0.452. The summed E-state index contributed by atoms with van der Waals surface area (Å²) in [4.78, 5) is 9.15. The summed E-state index contributed by atoms with van der Waals surface area (Å²) in [5.74, 6) is 2.11. The summed E-state index contributed by atoms with van der Waals surface area (Å²) < 4.78 is 12.9. The molecule has 0 aliphatic rings. The number of aromatic nitrogens is 4. The first-order chi connectivity index (χ1) is 14.3. The average molecular weight is 382 g/mol. The zero-order chi connectivity index (χ0) is 19.6. The first kappa shape index (κ1) is 17.2. The van der Waals surface area contributed by atoms with Crippen LogP contribution in [0.3, 0.4) is 0 Å². The van der Waals surface area contributed by atoms with Crippen molar-refractivity contribution < 1.29 is 9.47 Å². The molecular weight excluding hydrogens is 364 g/mol. The maximum atomic E-state index is 5.89. The minimum Gasteiger partial charge on any atom is -0.493 e. The highest BCUT2D eigenvalue weighted by atomic mass is 16.5. The number of ether oxygens (including phenoxy) is 2. The molecule has 0 spiro atoms. The van der Waals surface area contributed by atoms with Crippen molar-refractivity contribution >= 4 is 16.6 Å². The predicted molar refractivity (Wildman–Crippen MR) is 111 cm³/mol. The molecule has 5 aromatic rings. The van der Waals surface area contributed by atoms with Crippen LogP contribution in [0.2, 0.25) is 0 Å². The van der Waals surface area contributed by atoms with Gasteiger partial charge in [0.05, 0.1) is 12.6 Å². The zero-order valence-electron chi connectivity index (χ0n) is 15.8. The Morgan fingerprint density at radius 2 is 1.62 bits per heavy atom. The maximum Gasteiger partial charge on any atom is 0.182 e. The second-order valence-corrected chi connectivity index (χ2v) is 6.60. The van der Waals surface area contributed by atoms with Crippen molar-refractivity contribution in [3.63, 3.8) is 0 Å². The Kier molecular flexibility index (Phi) is 4.29. The van der Waals surface area contributed by atoms with Crippen LogP contribution in [0.25, 0.3) is 27.9 Å². The Morgan fingerprint density at radius 1 is 0.862 bits per heavy atom. The summed E-state index contributed by atoms with van der Waals surface area (Å²) >= 11 is 0. The number of fused-ring (bicyclic) bond motifs is 3. The highest BCUT2D eigenvalue weighted by molar-refractivity contribution is 5.91. The Balaban J connectivity index is 1.39. The lowest BCUT2D eigenvalue weighted by molar-refractivity contribution is 0.284. The van der Waals surface area contributed by atoms with Gasteiger partial charge >= 0.3 is 0 Å². The fourth-order valence-corrected chi connectivity index (χ4v) is 3.25. The molecule has 0 unspecified atom stereocenters. The van der Waals surface area contributed by atoms with E-state index in [9.17, 15) is 0 Å². The first-order valence-corrected chi connectivity index (χ1v) is 9.27. The number of hydrogen-bond acceptors (Lipinski definition) is 5. The van der Waals surface area contributed by atoms with Gasteiger partial charge in [0.2, 0.25) is 0 Å². The second-order valence-electron chi connectivity index (χ2n) is 6.60. The second kappa shape index (κ2) is 7.24. The Bertz CT molecular complexity index is 1300. The normalized spacial score (nSPS) is 11.1. The van der Waals surface area contributed by atoms with Gasteiger partial charge in [-0.05, 0) is 29.8 Å². The molecule has 29 heavy (non-hydrogen) atoms. The van der Waals surface area contributed by atoms with Gasteiger partial charge in [0, 0.05) is 10.9 Å². The van der Waals surface area contributed by atoms with Crippen LogP contribution in [-0.4, -0.2) is 26.7 Å². The lowest BCUT2D eigenvalue weighted by atomic mass is 10.1. The molecule has 0 aliphatic heterocycles. The van der Waals surface area contributed by atoms with E-state index in [4.69, 9.17) is 14.5 Å². The quantitative estimate of drug-likeness (QED) is 0.447. The molecule has 0 atom stereocenters. The van der Waals surface area contributed by atoms with Crippen molar-refractivity contribution in [2.24, 2.45) is 0 Å². The van der Waals surface area contributed by atoms with E-state index < -0.39 is 0 Å². The van der Waals surface area contributed by atoms with Gasteiger partial charge < -0.3 is 9.47 Å². The number of hydrogen-bond donors (Lipinski definition) is 0. The largest absolute Gasteiger partial charge is 0.493 e. The molecule has 0 saturated heterocycles. The number of nitrogens with zero attached hydrogens (tertiary/aromatic N) is 4. The van der Waals surface area contributed by atoms with E-state index in [2.05, 4.69) is 10.1 Å². The molecular formula is C23H18N4O2. The maximum absolute atomic E-state index is 5.89. The minimum absolute atomic E-state index is 0.452. The minimum atomic E-state index is 0.452. The third-order valence-electron chi connectivity index (χ3n) is 4.76. The summed E-state index contributed by atoms with van der Waals surface area (Å²) in [5, 5.41) is 5.56. The molecule has 0 saturated carbocycles. The van der Waals surface area contributed by atoms with E-state index in [0.717, 1.165) is 39.2 Å². The van der Waals surface area contributed by atoms with Gasteiger partial charge in [-0.1, -0.05) is 48.5 Å². The first-order valence-electron chi connectivity index (χ1n) is 9.27. The highest BCUT2D eigenvalue weighted by Gasteiger charge is 2.10. The average Bonchev–Trinajstić information content (AvgIpc) is 3.23. The highest BCUT2D eigenvalue weighted by Crippen LogP contribution is 2.27. The van der Waals surface area contributed by atoms with E-state index >= 15 is 0 Å². The summed E-state index contributed by atoms with van der Waals surface area (Å²) in [6.07, 6.45) is 1.70. The van der Waals surface area contributed by atoms with Crippen LogP contribution >= 0.6 is 0 Å². The van der Waals surface area contributed by atoms with Crippen molar-refractivity contribution in [2.45, 2.75) is 6.61 Å². The molecule has 0 N–H and O–H groups in total. The van der Waals surface area contributed by atoms with Gasteiger partial charge in [0.15, 0.2) is 23.0 Å². The number of methoxy groups -OCH3 is 1. The van der Waals surface area contributed by atoms with Crippen LogP contribution in [0.15, 0.2) is 79.1 Å². The van der Waals surface area contributed by atoms with Crippen LogP contribution < -0.4 is 9.47 Å². The van der Waals surface area contributed by atoms with Crippen molar-refractivity contribution in [3.8, 4) is 22.9 Å². The zero-order valence-corrected chi connectivity index (χ0v) is 15.8. The molecule has 0 radical (unpaired) electrons. The van der Waals surface area contributed by atoms with E-state index in [-0.39, 0.29) is 0 Å². The fraction of sp³-hybridized carbons (Fsp3) is 0.0870. The van der Waals surface area contributed by atoms with E-state index in [1.807, 2.05) is 72.8 Å². The van der Waals surface area contributed by atoms with Gasteiger partial charge in [0.25, 0.3) is 0 Å². The van der Waals surface area contributed by atoms with Crippen LogP contribution in [0.1, 0.15) is 5.56 Å². The number of para-hydroxylation sites is 3. The third kappa shape index (κ3) is 3.25. The summed E-state index contributed by atoms with van der Waals surface area (Å²) in [5.41, 5.74) is 3.70. The summed E-state index contributed by atoms with van der Waals surface area (Å²) in [6, 6.07) is 23.6. The van der Waals surface area contributed by atoms with Crippen LogP contribution in [0, 0.1) is 0 Å². The molecule has 142 valence electrons. The Morgan fingerprint density at radius 3 is 2.45 bits per heavy atom. The Labute approximate surface area is 167 Å².